The summed E-state index contributed by atoms with van der Waals surface area (Å²) in [6, 6.07) is 14.4. The molecule has 0 saturated heterocycles. The summed E-state index contributed by atoms with van der Waals surface area (Å²) in [7, 11) is 0. The van der Waals surface area contributed by atoms with Crippen LogP contribution in [0.15, 0.2) is 68.8 Å². The van der Waals surface area contributed by atoms with Crippen molar-refractivity contribution < 1.29 is 9.34 Å². The van der Waals surface area contributed by atoms with E-state index in [1.807, 2.05) is 6.92 Å². The number of para-hydroxylation sites is 1. The molecule has 1 heterocycles. The summed E-state index contributed by atoms with van der Waals surface area (Å²) in [6.07, 6.45) is 0. The minimum absolute atomic E-state index is 0.0371. The number of aliphatic imine (C=N–C) groups is 1. The lowest BCUT2D eigenvalue weighted by Gasteiger charge is -2.21. The summed E-state index contributed by atoms with van der Waals surface area (Å²) in [5.74, 6) is 0.131. The van der Waals surface area contributed by atoms with Gasteiger partial charge in [0.05, 0.1) is 10.6 Å². The second kappa shape index (κ2) is 7.06. The Kier molecular flexibility index (Phi) is 4.66. The lowest BCUT2D eigenvalue weighted by Crippen LogP contribution is -2.37. The maximum absolute atomic E-state index is 11.5. The minimum Gasteiger partial charge on any atom is -0.420 e. The number of anilines is 1. The van der Waals surface area contributed by atoms with Gasteiger partial charge in [0.2, 0.25) is 5.96 Å². The summed E-state index contributed by atoms with van der Waals surface area (Å²) >= 11 is 0. The fourth-order valence-electron chi connectivity index (χ4n) is 2.60. The fraction of sp³-hybridized carbons (Fsp3) is 0.111. The quantitative estimate of drug-likeness (QED) is 0.253. The van der Waals surface area contributed by atoms with Gasteiger partial charge in [-0.05, 0) is 25.1 Å². The normalized spacial score (nSPS) is 11.5. The number of nitro groups is 1. The van der Waals surface area contributed by atoms with E-state index in [1.54, 1.807) is 41.3 Å². The molecule has 0 spiro atoms. The smallest absolute Gasteiger partial charge is 0.336 e. The summed E-state index contributed by atoms with van der Waals surface area (Å²) in [5.41, 5.74) is 6.90. The molecule has 0 unspecified atom stereocenters. The molecular formula is C18H16N4O4. The van der Waals surface area contributed by atoms with Crippen LogP contribution in [0.3, 0.4) is 0 Å². The van der Waals surface area contributed by atoms with Crippen molar-refractivity contribution in [2.45, 2.75) is 6.92 Å². The van der Waals surface area contributed by atoms with Gasteiger partial charge in [-0.3, -0.25) is 10.1 Å². The van der Waals surface area contributed by atoms with Crippen molar-refractivity contribution in [2.75, 3.05) is 11.4 Å². The molecule has 2 N–H and O–H groups in total. The first-order valence-electron chi connectivity index (χ1n) is 7.88. The predicted molar refractivity (Wildman–Crippen MR) is 99.9 cm³/mol. The molecule has 0 radical (unpaired) electrons. The number of guanidine groups is 1. The Balaban J connectivity index is 2.05. The summed E-state index contributed by atoms with van der Waals surface area (Å²) in [4.78, 5) is 28.0. The van der Waals surface area contributed by atoms with Crippen molar-refractivity contribution in [3.8, 4) is 0 Å². The average molecular weight is 352 g/mol. The number of benzene rings is 2. The zero-order chi connectivity index (χ0) is 18.7. The third kappa shape index (κ3) is 3.39. The van der Waals surface area contributed by atoms with Crippen LogP contribution < -0.4 is 16.3 Å². The molecule has 0 atom stereocenters. The number of nitrogens with two attached hydrogens (primary N) is 1. The molecule has 0 saturated carbocycles. The van der Waals surface area contributed by atoms with Gasteiger partial charge in [0.15, 0.2) is 5.58 Å². The number of rotatable bonds is 4. The van der Waals surface area contributed by atoms with Gasteiger partial charge in [0.1, 0.15) is 5.69 Å². The summed E-state index contributed by atoms with van der Waals surface area (Å²) < 4.78 is 5.24. The molecular weight excluding hydrogens is 336 g/mol. The van der Waals surface area contributed by atoms with Crippen LogP contribution in [0.2, 0.25) is 0 Å². The maximum Gasteiger partial charge on any atom is 0.336 e. The van der Waals surface area contributed by atoms with Gasteiger partial charge in [0.25, 0.3) is 5.69 Å². The third-order valence-electron chi connectivity index (χ3n) is 3.81. The first-order chi connectivity index (χ1) is 12.5. The van der Waals surface area contributed by atoms with Crippen LogP contribution in [0.4, 0.5) is 17.1 Å². The predicted octanol–water partition coefficient (Wildman–Crippen LogP) is 3.17. The minimum atomic E-state index is -0.482. The number of nitrogens with zero attached hydrogens (tertiary/aromatic N) is 3. The Hall–Kier alpha value is -3.68. The van der Waals surface area contributed by atoms with E-state index in [9.17, 15) is 14.9 Å². The average Bonchev–Trinajstić information content (AvgIpc) is 2.63. The lowest BCUT2D eigenvalue weighted by molar-refractivity contribution is -0.384. The van der Waals surface area contributed by atoms with Gasteiger partial charge in [-0.1, -0.05) is 18.2 Å². The van der Waals surface area contributed by atoms with E-state index in [0.717, 1.165) is 5.39 Å². The van der Waals surface area contributed by atoms with Crippen molar-refractivity contribution in [3.05, 3.63) is 75.1 Å². The van der Waals surface area contributed by atoms with E-state index in [4.69, 9.17) is 10.2 Å². The van der Waals surface area contributed by atoms with Crippen LogP contribution in [0.5, 0.6) is 0 Å². The number of hydrogen-bond acceptors (Lipinski definition) is 5. The number of nitro benzene ring substituents is 1. The molecule has 8 heteroatoms. The van der Waals surface area contributed by atoms with Gasteiger partial charge in [0, 0.05) is 30.1 Å². The first-order valence-corrected chi connectivity index (χ1v) is 7.88. The SMILES string of the molecule is CCN(C(N)=Nc1cccc2ccc(=O)oc12)c1cccc([N+](=O)[O-])c1. The molecule has 132 valence electrons. The molecule has 26 heavy (non-hydrogen) atoms. The van der Waals surface area contributed by atoms with Crippen LogP contribution in [0.1, 0.15) is 6.92 Å². The molecule has 0 aliphatic heterocycles. The summed E-state index contributed by atoms with van der Waals surface area (Å²) in [6.45, 7) is 2.30. The molecule has 1 aromatic heterocycles. The third-order valence-corrected chi connectivity index (χ3v) is 3.81. The molecule has 2 aromatic carbocycles. The van der Waals surface area contributed by atoms with E-state index in [0.29, 0.717) is 23.5 Å². The van der Waals surface area contributed by atoms with Crippen molar-refractivity contribution in [1.82, 2.24) is 0 Å². The maximum atomic E-state index is 11.5. The van der Waals surface area contributed by atoms with Crippen LogP contribution in [-0.2, 0) is 0 Å². The Morgan fingerprint density at radius 3 is 2.73 bits per heavy atom. The number of non-ortho nitro benzene ring substituents is 1. The molecule has 0 bridgehead atoms. The fourth-order valence-corrected chi connectivity index (χ4v) is 2.60. The largest absolute Gasteiger partial charge is 0.420 e. The van der Waals surface area contributed by atoms with Crippen molar-refractivity contribution in [3.63, 3.8) is 0 Å². The highest BCUT2D eigenvalue weighted by Crippen LogP contribution is 2.26. The van der Waals surface area contributed by atoms with Crippen molar-refractivity contribution >= 4 is 34.0 Å². The topological polar surface area (TPSA) is 115 Å². The van der Waals surface area contributed by atoms with Crippen LogP contribution in [0.25, 0.3) is 11.0 Å². The van der Waals surface area contributed by atoms with Gasteiger partial charge >= 0.3 is 5.63 Å². The molecule has 0 fully saturated rings. The van der Waals surface area contributed by atoms with Crippen molar-refractivity contribution in [2.24, 2.45) is 10.7 Å². The zero-order valence-electron chi connectivity index (χ0n) is 14.0. The van der Waals surface area contributed by atoms with E-state index in [1.165, 1.54) is 18.2 Å². The molecule has 0 amide bonds. The van der Waals surface area contributed by atoms with Crippen LogP contribution in [-0.4, -0.2) is 17.4 Å². The standard InChI is InChI=1S/C18H16N4O4/c1-2-21(13-6-4-7-14(11-13)22(24)25)18(19)20-15-8-3-5-12-9-10-16(23)26-17(12)15/h3-11H,2H2,1H3,(H2,19,20). The molecule has 3 aromatic rings. The molecule has 8 nitrogen and oxygen atoms in total. The van der Waals surface area contributed by atoms with Crippen LogP contribution in [0, 0.1) is 10.1 Å². The molecule has 0 aliphatic rings. The highest BCUT2D eigenvalue weighted by molar-refractivity contribution is 5.99. The van der Waals surface area contributed by atoms with Gasteiger partial charge in [-0.15, -0.1) is 0 Å². The van der Waals surface area contributed by atoms with Crippen LogP contribution >= 0.6 is 0 Å². The summed E-state index contributed by atoms with van der Waals surface area (Å²) in [5, 5.41) is 11.7. The van der Waals surface area contributed by atoms with Crippen molar-refractivity contribution in [1.29, 1.82) is 0 Å². The van der Waals surface area contributed by atoms with E-state index in [2.05, 4.69) is 4.99 Å². The van der Waals surface area contributed by atoms with E-state index >= 15 is 0 Å². The van der Waals surface area contributed by atoms with E-state index < -0.39 is 10.5 Å². The second-order valence-corrected chi connectivity index (χ2v) is 5.44. The Labute approximate surface area is 148 Å². The number of hydrogen-bond donors (Lipinski definition) is 1. The van der Waals surface area contributed by atoms with E-state index in [-0.39, 0.29) is 11.6 Å². The van der Waals surface area contributed by atoms with Gasteiger partial charge in [-0.2, -0.15) is 0 Å². The second-order valence-electron chi connectivity index (χ2n) is 5.44. The van der Waals surface area contributed by atoms with Gasteiger partial charge < -0.3 is 15.1 Å². The monoisotopic (exact) mass is 352 g/mol. The molecule has 0 aliphatic carbocycles. The first kappa shape index (κ1) is 17.2. The molecule has 3 rings (SSSR count). The lowest BCUT2D eigenvalue weighted by atomic mass is 10.2. The highest BCUT2D eigenvalue weighted by atomic mass is 16.6. The Bertz CT molecular complexity index is 1060. The number of fused-ring (bicyclic) bond motifs is 1. The Morgan fingerprint density at radius 1 is 1.23 bits per heavy atom. The van der Waals surface area contributed by atoms with Gasteiger partial charge in [-0.25, -0.2) is 9.79 Å². The Morgan fingerprint density at radius 2 is 2.00 bits per heavy atom. The zero-order valence-corrected chi connectivity index (χ0v) is 14.0. The highest BCUT2D eigenvalue weighted by Gasteiger charge is 2.14.